The number of anilines is 1. The van der Waals surface area contributed by atoms with E-state index in [0.29, 0.717) is 11.6 Å². The second-order valence-corrected chi connectivity index (χ2v) is 5.24. The van der Waals surface area contributed by atoms with Gasteiger partial charge in [-0.15, -0.1) is 0 Å². The van der Waals surface area contributed by atoms with Crippen molar-refractivity contribution in [3.8, 4) is 6.07 Å². The average Bonchev–Trinajstić information content (AvgIpc) is 2.55. The van der Waals surface area contributed by atoms with Gasteiger partial charge in [0.15, 0.2) is 0 Å². The monoisotopic (exact) mass is 279 g/mol. The highest BCUT2D eigenvalue weighted by Crippen LogP contribution is 2.27. The van der Waals surface area contributed by atoms with Gasteiger partial charge >= 0.3 is 0 Å². The molecule has 1 unspecified atom stereocenters. The summed E-state index contributed by atoms with van der Waals surface area (Å²) >= 11 is 0. The number of hydrogen-bond donors (Lipinski definition) is 0. The topological polar surface area (TPSA) is 56.0 Å². The van der Waals surface area contributed by atoms with Crippen LogP contribution in [-0.4, -0.2) is 41.5 Å². The van der Waals surface area contributed by atoms with Crippen molar-refractivity contribution >= 4 is 5.95 Å². The fourth-order valence-corrected chi connectivity index (χ4v) is 2.67. The molecule has 1 aromatic heterocycles. The predicted molar refractivity (Wildman–Crippen MR) is 80.8 cm³/mol. The van der Waals surface area contributed by atoms with E-state index in [9.17, 15) is 0 Å². The van der Waals surface area contributed by atoms with Gasteiger partial charge in [-0.1, -0.05) is 30.3 Å². The summed E-state index contributed by atoms with van der Waals surface area (Å²) in [5.74, 6) is 0.635. The number of nitriles is 1. The van der Waals surface area contributed by atoms with Gasteiger partial charge in [0, 0.05) is 25.8 Å². The third-order valence-corrected chi connectivity index (χ3v) is 3.78. The molecule has 0 radical (unpaired) electrons. The second-order valence-electron chi connectivity index (χ2n) is 5.24. The summed E-state index contributed by atoms with van der Waals surface area (Å²) in [5, 5.41) is 9.02. The van der Waals surface area contributed by atoms with E-state index in [1.54, 1.807) is 12.3 Å². The van der Waals surface area contributed by atoms with Gasteiger partial charge in [0.05, 0.1) is 6.04 Å². The van der Waals surface area contributed by atoms with Crippen LogP contribution >= 0.6 is 0 Å². The largest absolute Gasteiger partial charge is 0.331 e. The summed E-state index contributed by atoms with van der Waals surface area (Å²) in [6.07, 6.45) is 1.65. The second kappa shape index (κ2) is 5.90. The Kier molecular flexibility index (Phi) is 3.80. The molecule has 0 spiro atoms. The molecule has 1 aliphatic rings. The predicted octanol–water partition coefficient (Wildman–Crippen LogP) is 1.84. The van der Waals surface area contributed by atoms with E-state index in [4.69, 9.17) is 5.26 Å². The third kappa shape index (κ3) is 2.86. The number of benzene rings is 1. The van der Waals surface area contributed by atoms with Crippen molar-refractivity contribution in [1.29, 1.82) is 5.26 Å². The van der Waals surface area contributed by atoms with Crippen molar-refractivity contribution in [3.05, 3.63) is 53.9 Å². The Morgan fingerprint density at radius 1 is 1.19 bits per heavy atom. The average molecular weight is 279 g/mol. The van der Waals surface area contributed by atoms with Gasteiger partial charge in [-0.3, -0.25) is 0 Å². The Labute approximate surface area is 124 Å². The molecule has 2 aromatic rings. The van der Waals surface area contributed by atoms with Crippen molar-refractivity contribution in [2.75, 3.05) is 31.6 Å². The van der Waals surface area contributed by atoms with E-state index < -0.39 is 0 Å². The molecule has 0 N–H and O–H groups in total. The first-order valence-corrected chi connectivity index (χ1v) is 7.01. The minimum absolute atomic E-state index is 0.207. The fraction of sp³-hybridized carbons (Fsp3) is 0.312. The van der Waals surface area contributed by atoms with E-state index in [2.05, 4.69) is 57.2 Å². The molecule has 5 nitrogen and oxygen atoms in total. The molecule has 1 atom stereocenters. The lowest BCUT2D eigenvalue weighted by molar-refractivity contribution is 0.267. The smallest absolute Gasteiger partial charge is 0.227 e. The number of aromatic nitrogens is 2. The minimum Gasteiger partial charge on any atom is -0.331 e. The van der Waals surface area contributed by atoms with Gasteiger partial charge in [-0.25, -0.2) is 9.97 Å². The first-order chi connectivity index (χ1) is 10.3. The minimum atomic E-state index is 0.207. The fourth-order valence-electron chi connectivity index (χ4n) is 2.67. The van der Waals surface area contributed by atoms with E-state index in [-0.39, 0.29) is 6.04 Å². The summed E-state index contributed by atoms with van der Waals surface area (Å²) < 4.78 is 0. The van der Waals surface area contributed by atoms with E-state index in [1.807, 2.05) is 6.07 Å². The Hall–Kier alpha value is -2.45. The molecule has 0 aliphatic carbocycles. The molecule has 0 saturated carbocycles. The molecule has 1 fully saturated rings. The Bertz CT molecular complexity index is 649. The first-order valence-electron chi connectivity index (χ1n) is 7.01. The van der Waals surface area contributed by atoms with Crippen molar-refractivity contribution in [3.63, 3.8) is 0 Å². The molecule has 1 aliphatic heterocycles. The van der Waals surface area contributed by atoms with Crippen LogP contribution in [0.1, 0.15) is 17.3 Å². The highest BCUT2D eigenvalue weighted by molar-refractivity contribution is 5.39. The molecule has 5 heteroatoms. The van der Waals surface area contributed by atoms with E-state index >= 15 is 0 Å². The highest BCUT2D eigenvalue weighted by Gasteiger charge is 2.28. The SMILES string of the molecule is CN1CCN(c2nccc(C#N)n2)C(c2ccccc2)C1. The highest BCUT2D eigenvalue weighted by atomic mass is 15.3. The van der Waals surface area contributed by atoms with Gasteiger partial charge in [0.1, 0.15) is 11.8 Å². The van der Waals surface area contributed by atoms with Crippen LogP contribution in [0.3, 0.4) is 0 Å². The summed E-state index contributed by atoms with van der Waals surface area (Å²) in [4.78, 5) is 13.2. The Morgan fingerprint density at radius 3 is 2.76 bits per heavy atom. The lowest BCUT2D eigenvalue weighted by Gasteiger charge is -2.40. The number of likely N-dealkylation sites (N-methyl/N-ethyl adjacent to an activating group) is 1. The molecule has 2 heterocycles. The molecule has 3 rings (SSSR count). The van der Waals surface area contributed by atoms with Crippen LogP contribution in [0, 0.1) is 11.3 Å². The molecule has 1 aromatic carbocycles. The summed E-state index contributed by atoms with van der Waals surface area (Å²) in [6.45, 7) is 2.73. The maximum Gasteiger partial charge on any atom is 0.227 e. The van der Waals surface area contributed by atoms with Crippen LogP contribution in [0.5, 0.6) is 0 Å². The van der Waals surface area contributed by atoms with Crippen LogP contribution in [0.4, 0.5) is 5.95 Å². The van der Waals surface area contributed by atoms with Crippen LogP contribution in [0.15, 0.2) is 42.6 Å². The molecular formula is C16H17N5. The maximum absolute atomic E-state index is 9.02. The zero-order valence-corrected chi connectivity index (χ0v) is 12.0. The number of piperazine rings is 1. The van der Waals surface area contributed by atoms with Gasteiger partial charge in [-0.2, -0.15) is 5.26 Å². The van der Waals surface area contributed by atoms with Crippen molar-refractivity contribution in [1.82, 2.24) is 14.9 Å². The van der Waals surface area contributed by atoms with Crippen LogP contribution in [-0.2, 0) is 0 Å². The molecule has 0 amide bonds. The maximum atomic E-state index is 9.02. The number of rotatable bonds is 2. The lowest BCUT2D eigenvalue weighted by atomic mass is 10.0. The molecule has 1 saturated heterocycles. The van der Waals surface area contributed by atoms with Crippen molar-refractivity contribution < 1.29 is 0 Å². The van der Waals surface area contributed by atoms with Gasteiger partial charge in [-0.05, 0) is 18.7 Å². The Balaban J connectivity index is 1.96. The molecule has 0 bridgehead atoms. The van der Waals surface area contributed by atoms with Crippen LogP contribution in [0.2, 0.25) is 0 Å². The molecule has 21 heavy (non-hydrogen) atoms. The third-order valence-electron chi connectivity index (χ3n) is 3.78. The summed E-state index contributed by atoms with van der Waals surface area (Å²) in [5.41, 5.74) is 1.65. The lowest BCUT2D eigenvalue weighted by Crippen LogP contribution is -2.47. The van der Waals surface area contributed by atoms with Gasteiger partial charge in [0.25, 0.3) is 0 Å². The van der Waals surface area contributed by atoms with Crippen molar-refractivity contribution in [2.45, 2.75) is 6.04 Å². The van der Waals surface area contributed by atoms with Gasteiger partial charge < -0.3 is 9.80 Å². The summed E-state index contributed by atoms with van der Waals surface area (Å²) in [7, 11) is 2.12. The van der Waals surface area contributed by atoms with Crippen molar-refractivity contribution in [2.24, 2.45) is 0 Å². The van der Waals surface area contributed by atoms with Crippen LogP contribution < -0.4 is 4.90 Å². The Morgan fingerprint density at radius 2 is 2.00 bits per heavy atom. The number of hydrogen-bond acceptors (Lipinski definition) is 5. The number of nitrogens with zero attached hydrogens (tertiary/aromatic N) is 5. The first kappa shape index (κ1) is 13.5. The standard InChI is InChI=1S/C16H17N5/c1-20-9-10-21(16-18-8-7-14(11-17)19-16)15(12-20)13-5-3-2-4-6-13/h2-8,15H,9-10,12H2,1H3. The zero-order valence-electron chi connectivity index (χ0n) is 12.0. The van der Waals surface area contributed by atoms with Gasteiger partial charge in [0.2, 0.25) is 5.95 Å². The zero-order chi connectivity index (χ0) is 14.7. The molecule has 106 valence electrons. The normalized spacial score (nSPS) is 19.2. The molecular weight excluding hydrogens is 262 g/mol. The summed E-state index contributed by atoms with van der Waals surface area (Å²) in [6, 6.07) is 14.3. The van der Waals surface area contributed by atoms with E-state index in [0.717, 1.165) is 19.6 Å². The van der Waals surface area contributed by atoms with Crippen LogP contribution in [0.25, 0.3) is 0 Å². The van der Waals surface area contributed by atoms with E-state index in [1.165, 1.54) is 5.56 Å². The quantitative estimate of drug-likeness (QED) is 0.839.